The van der Waals surface area contributed by atoms with E-state index in [0.29, 0.717) is 11.0 Å². The van der Waals surface area contributed by atoms with Crippen LogP contribution in [-0.2, 0) is 0 Å². The molecule has 21 heavy (non-hydrogen) atoms. The number of likely N-dealkylation sites (tertiary alicyclic amines) is 1. The van der Waals surface area contributed by atoms with E-state index in [1.54, 1.807) is 0 Å². The molecule has 1 aliphatic carbocycles. The first-order valence-corrected chi connectivity index (χ1v) is 8.03. The first-order chi connectivity index (χ1) is 9.99. The fourth-order valence-corrected chi connectivity index (χ4v) is 3.91. The van der Waals surface area contributed by atoms with E-state index in [9.17, 15) is 9.90 Å². The molecule has 0 atom stereocenters. The van der Waals surface area contributed by atoms with Gasteiger partial charge in [-0.2, -0.15) is 0 Å². The Morgan fingerprint density at radius 2 is 1.86 bits per heavy atom. The molecule has 1 aromatic rings. The molecule has 1 saturated carbocycles. The molecule has 1 N–H and O–H groups in total. The molecule has 4 nitrogen and oxygen atoms in total. The van der Waals surface area contributed by atoms with Crippen LogP contribution in [0.3, 0.4) is 0 Å². The van der Waals surface area contributed by atoms with Gasteiger partial charge < -0.3 is 14.4 Å². The Labute approximate surface area is 126 Å². The third-order valence-electron chi connectivity index (χ3n) is 5.40. The third-order valence-corrected chi connectivity index (χ3v) is 5.40. The van der Waals surface area contributed by atoms with Gasteiger partial charge in [0.2, 0.25) is 0 Å². The summed E-state index contributed by atoms with van der Waals surface area (Å²) in [7, 11) is 0. The summed E-state index contributed by atoms with van der Waals surface area (Å²) in [5.74, 6) is 1.62. The Balaban J connectivity index is 1.63. The SMILES string of the molecule is Cc1cc(C(=O)N2CCC3(CCC(O)CC3)CC2)c(C)o1. The Kier molecular flexibility index (Phi) is 3.82. The average Bonchev–Trinajstić information content (AvgIpc) is 2.81. The number of rotatable bonds is 1. The van der Waals surface area contributed by atoms with Crippen molar-refractivity contribution < 1.29 is 14.3 Å². The fourth-order valence-electron chi connectivity index (χ4n) is 3.91. The number of nitrogens with zero attached hydrogens (tertiary/aromatic N) is 1. The molecule has 1 spiro atoms. The lowest BCUT2D eigenvalue weighted by Crippen LogP contribution is -2.45. The minimum Gasteiger partial charge on any atom is -0.466 e. The van der Waals surface area contributed by atoms with Crippen molar-refractivity contribution in [2.75, 3.05) is 13.1 Å². The van der Waals surface area contributed by atoms with E-state index in [2.05, 4.69) is 0 Å². The van der Waals surface area contributed by atoms with Crippen molar-refractivity contribution in [3.05, 3.63) is 23.2 Å². The van der Waals surface area contributed by atoms with Crippen molar-refractivity contribution in [3.63, 3.8) is 0 Å². The summed E-state index contributed by atoms with van der Waals surface area (Å²) in [5, 5.41) is 9.67. The lowest BCUT2D eigenvalue weighted by Gasteiger charge is -2.45. The molecule has 1 amide bonds. The maximum absolute atomic E-state index is 12.6. The van der Waals surface area contributed by atoms with Gasteiger partial charge in [-0.05, 0) is 63.9 Å². The highest BCUT2D eigenvalue weighted by Gasteiger charge is 2.39. The van der Waals surface area contributed by atoms with Gasteiger partial charge >= 0.3 is 0 Å². The minimum atomic E-state index is -0.105. The van der Waals surface area contributed by atoms with Gasteiger partial charge in [0.1, 0.15) is 11.5 Å². The number of carbonyl (C=O) groups excluding carboxylic acids is 1. The van der Waals surface area contributed by atoms with E-state index in [-0.39, 0.29) is 12.0 Å². The number of amides is 1. The lowest BCUT2D eigenvalue weighted by atomic mass is 9.67. The van der Waals surface area contributed by atoms with E-state index in [1.807, 2.05) is 24.8 Å². The highest BCUT2D eigenvalue weighted by molar-refractivity contribution is 5.95. The van der Waals surface area contributed by atoms with Crippen LogP contribution >= 0.6 is 0 Å². The summed E-state index contributed by atoms with van der Waals surface area (Å²) in [6, 6.07) is 1.85. The van der Waals surface area contributed by atoms with Gasteiger partial charge in [0.15, 0.2) is 0 Å². The summed E-state index contributed by atoms with van der Waals surface area (Å²) in [6.07, 6.45) is 6.11. The molecule has 2 heterocycles. The van der Waals surface area contributed by atoms with E-state index in [0.717, 1.165) is 63.1 Å². The van der Waals surface area contributed by atoms with Gasteiger partial charge in [0, 0.05) is 13.1 Å². The topological polar surface area (TPSA) is 53.7 Å². The fraction of sp³-hybridized carbons (Fsp3) is 0.706. The van der Waals surface area contributed by atoms with Crippen LogP contribution in [0.15, 0.2) is 10.5 Å². The number of carbonyl (C=O) groups is 1. The molecule has 3 rings (SSSR count). The summed E-state index contributed by atoms with van der Waals surface area (Å²) >= 11 is 0. The Hall–Kier alpha value is -1.29. The number of aryl methyl sites for hydroxylation is 2. The Morgan fingerprint density at radius 1 is 1.24 bits per heavy atom. The molecule has 0 unspecified atom stereocenters. The molecule has 1 aromatic heterocycles. The first-order valence-electron chi connectivity index (χ1n) is 8.03. The van der Waals surface area contributed by atoms with Crippen LogP contribution in [0, 0.1) is 19.3 Å². The van der Waals surface area contributed by atoms with Gasteiger partial charge in [0.25, 0.3) is 5.91 Å². The summed E-state index contributed by atoms with van der Waals surface area (Å²) in [4.78, 5) is 14.5. The van der Waals surface area contributed by atoms with Crippen molar-refractivity contribution in [3.8, 4) is 0 Å². The number of furan rings is 1. The Bertz CT molecular complexity index is 516. The quantitative estimate of drug-likeness (QED) is 0.865. The van der Waals surface area contributed by atoms with Crippen molar-refractivity contribution >= 4 is 5.91 Å². The number of aliphatic hydroxyl groups is 1. The molecule has 1 saturated heterocycles. The van der Waals surface area contributed by atoms with E-state index < -0.39 is 0 Å². The average molecular weight is 291 g/mol. The van der Waals surface area contributed by atoms with Gasteiger partial charge in [-0.15, -0.1) is 0 Å². The number of aliphatic hydroxyl groups excluding tert-OH is 1. The van der Waals surface area contributed by atoms with Gasteiger partial charge in [-0.25, -0.2) is 0 Å². The molecule has 2 aliphatic rings. The molecular formula is C17H25NO3. The molecule has 0 radical (unpaired) electrons. The molecule has 4 heteroatoms. The molecular weight excluding hydrogens is 266 g/mol. The van der Waals surface area contributed by atoms with Crippen molar-refractivity contribution in [2.45, 2.75) is 58.5 Å². The van der Waals surface area contributed by atoms with Crippen LogP contribution in [0.1, 0.15) is 60.4 Å². The summed E-state index contributed by atoms with van der Waals surface area (Å²) in [5.41, 5.74) is 1.08. The second kappa shape index (κ2) is 5.48. The molecule has 2 fully saturated rings. The standard InChI is InChI=1S/C17H25NO3/c1-12-11-15(13(2)21-12)16(20)18-9-7-17(8-10-18)5-3-14(19)4-6-17/h11,14,19H,3-10H2,1-2H3. The van der Waals surface area contributed by atoms with Crippen molar-refractivity contribution in [2.24, 2.45) is 5.41 Å². The maximum Gasteiger partial charge on any atom is 0.257 e. The maximum atomic E-state index is 12.6. The summed E-state index contributed by atoms with van der Waals surface area (Å²) < 4.78 is 5.47. The van der Waals surface area contributed by atoms with Crippen LogP contribution < -0.4 is 0 Å². The van der Waals surface area contributed by atoms with Gasteiger partial charge in [-0.1, -0.05) is 0 Å². The molecule has 1 aliphatic heterocycles. The van der Waals surface area contributed by atoms with Crippen LogP contribution in [0.25, 0.3) is 0 Å². The Morgan fingerprint density at radius 3 is 2.38 bits per heavy atom. The largest absolute Gasteiger partial charge is 0.466 e. The van der Waals surface area contributed by atoms with Gasteiger partial charge in [-0.3, -0.25) is 4.79 Å². The second-order valence-electron chi connectivity index (χ2n) is 6.85. The third kappa shape index (κ3) is 2.86. The molecule has 0 bridgehead atoms. The van der Waals surface area contributed by atoms with Crippen LogP contribution in [0.4, 0.5) is 0 Å². The monoisotopic (exact) mass is 291 g/mol. The lowest BCUT2D eigenvalue weighted by molar-refractivity contribution is 0.0168. The smallest absolute Gasteiger partial charge is 0.257 e. The second-order valence-corrected chi connectivity index (χ2v) is 6.85. The van der Waals surface area contributed by atoms with Crippen LogP contribution in [-0.4, -0.2) is 35.1 Å². The predicted molar refractivity (Wildman–Crippen MR) is 80.2 cm³/mol. The first kappa shape index (κ1) is 14.6. The number of hydrogen-bond donors (Lipinski definition) is 1. The predicted octanol–water partition coefficient (Wildman–Crippen LogP) is 3.05. The number of hydrogen-bond acceptors (Lipinski definition) is 3. The van der Waals surface area contributed by atoms with E-state index >= 15 is 0 Å². The van der Waals surface area contributed by atoms with Crippen molar-refractivity contribution in [1.29, 1.82) is 0 Å². The van der Waals surface area contributed by atoms with Crippen LogP contribution in [0.2, 0.25) is 0 Å². The molecule has 116 valence electrons. The zero-order valence-electron chi connectivity index (χ0n) is 13.0. The van der Waals surface area contributed by atoms with Crippen LogP contribution in [0.5, 0.6) is 0 Å². The van der Waals surface area contributed by atoms with Gasteiger partial charge in [0.05, 0.1) is 11.7 Å². The zero-order valence-corrected chi connectivity index (χ0v) is 13.0. The minimum absolute atomic E-state index is 0.105. The van der Waals surface area contributed by atoms with E-state index in [1.165, 1.54) is 0 Å². The number of piperidine rings is 1. The highest BCUT2D eigenvalue weighted by atomic mass is 16.3. The van der Waals surface area contributed by atoms with E-state index in [4.69, 9.17) is 4.42 Å². The van der Waals surface area contributed by atoms with Crippen molar-refractivity contribution in [1.82, 2.24) is 4.90 Å². The summed E-state index contributed by atoms with van der Waals surface area (Å²) in [6.45, 7) is 5.40. The molecule has 0 aromatic carbocycles. The normalized spacial score (nSPS) is 22.7. The zero-order chi connectivity index (χ0) is 15.0. The highest BCUT2D eigenvalue weighted by Crippen LogP contribution is 2.44.